The van der Waals surface area contributed by atoms with E-state index in [2.05, 4.69) is 38.8 Å². The number of nitrogens with zero attached hydrogens (tertiary/aromatic N) is 1. The third kappa shape index (κ3) is 2.58. The van der Waals surface area contributed by atoms with Gasteiger partial charge in [0.05, 0.1) is 19.3 Å². The molecule has 0 unspecified atom stereocenters. The largest absolute Gasteiger partial charge is 0.378 e. The fourth-order valence-electron chi connectivity index (χ4n) is 1.43. The molecule has 0 bridgehead atoms. The minimum Gasteiger partial charge on any atom is -0.378 e. The summed E-state index contributed by atoms with van der Waals surface area (Å²) in [6, 6.07) is 4.40. The third-order valence-corrected chi connectivity index (χ3v) is 4.08. The summed E-state index contributed by atoms with van der Waals surface area (Å²) in [6.45, 7) is 2.65. The summed E-state index contributed by atoms with van der Waals surface area (Å²) in [5.74, 6) is 0. The van der Waals surface area contributed by atoms with Gasteiger partial charge in [-0.05, 0) is 22.0 Å². The predicted molar refractivity (Wildman–Crippen MR) is 62.6 cm³/mol. The second-order valence-corrected chi connectivity index (χ2v) is 5.63. The first kappa shape index (κ1) is 11.1. The Morgan fingerprint density at radius 1 is 1.67 bits per heavy atom. The first-order valence-electron chi connectivity index (χ1n) is 4.67. The van der Waals surface area contributed by atoms with Crippen LogP contribution >= 0.6 is 27.3 Å². The van der Waals surface area contributed by atoms with Gasteiger partial charge in [-0.1, -0.05) is 0 Å². The molecule has 5 heteroatoms. The predicted octanol–water partition coefficient (Wildman–Crippen LogP) is 2.14. The van der Waals surface area contributed by atoms with Crippen molar-refractivity contribution in [1.82, 2.24) is 5.32 Å². The van der Waals surface area contributed by atoms with Gasteiger partial charge in [-0.3, -0.25) is 0 Å². The minimum atomic E-state index is -0.283. The van der Waals surface area contributed by atoms with Gasteiger partial charge in [-0.15, -0.1) is 11.3 Å². The van der Waals surface area contributed by atoms with Crippen LogP contribution in [-0.2, 0) is 11.3 Å². The molecule has 1 N–H and O–H groups in total. The number of rotatable bonds is 4. The molecule has 0 amide bonds. The van der Waals surface area contributed by atoms with Crippen molar-refractivity contribution >= 4 is 27.3 Å². The Hall–Kier alpha value is -0.410. The van der Waals surface area contributed by atoms with Crippen molar-refractivity contribution in [3.63, 3.8) is 0 Å². The number of nitrogens with one attached hydrogen (secondary N) is 1. The molecule has 0 radical (unpaired) electrons. The van der Waals surface area contributed by atoms with Crippen LogP contribution in [-0.4, -0.2) is 19.8 Å². The molecule has 0 aliphatic carbocycles. The van der Waals surface area contributed by atoms with E-state index >= 15 is 0 Å². The van der Waals surface area contributed by atoms with E-state index in [1.807, 2.05) is 0 Å². The molecular weight excluding hydrogens is 276 g/mol. The average Bonchev–Trinajstić information content (AvgIpc) is 2.56. The van der Waals surface area contributed by atoms with Gasteiger partial charge in [0.25, 0.3) is 0 Å². The number of halogens is 1. The normalized spacial score (nSPS) is 18.1. The molecular formula is C10H11BrN2OS. The van der Waals surface area contributed by atoms with Crippen LogP contribution in [0, 0.1) is 16.7 Å². The van der Waals surface area contributed by atoms with Gasteiger partial charge in [-0.2, -0.15) is 5.26 Å². The van der Waals surface area contributed by atoms with Crippen LogP contribution in [0.25, 0.3) is 0 Å². The lowest BCUT2D eigenvalue weighted by Crippen LogP contribution is -2.48. The highest BCUT2D eigenvalue weighted by atomic mass is 79.9. The maximum atomic E-state index is 8.96. The lowest BCUT2D eigenvalue weighted by atomic mass is 9.88. The van der Waals surface area contributed by atoms with Crippen molar-refractivity contribution in [2.24, 2.45) is 5.41 Å². The Kier molecular flexibility index (Phi) is 3.42. The number of hydrogen-bond acceptors (Lipinski definition) is 4. The van der Waals surface area contributed by atoms with Gasteiger partial charge >= 0.3 is 0 Å². The fourth-order valence-corrected chi connectivity index (χ4v) is 2.85. The Morgan fingerprint density at radius 2 is 2.47 bits per heavy atom. The zero-order valence-corrected chi connectivity index (χ0v) is 10.5. The minimum absolute atomic E-state index is 0.283. The molecule has 0 saturated carbocycles. The Labute approximate surface area is 101 Å². The summed E-state index contributed by atoms with van der Waals surface area (Å²) < 4.78 is 6.19. The van der Waals surface area contributed by atoms with E-state index in [9.17, 15) is 0 Å². The van der Waals surface area contributed by atoms with E-state index in [1.54, 1.807) is 11.3 Å². The van der Waals surface area contributed by atoms with Gasteiger partial charge in [0, 0.05) is 27.8 Å². The van der Waals surface area contributed by atoms with Crippen LogP contribution in [0.1, 0.15) is 4.88 Å². The summed E-state index contributed by atoms with van der Waals surface area (Å²) in [5.41, 5.74) is -0.283. The Morgan fingerprint density at radius 3 is 2.93 bits per heavy atom. The maximum absolute atomic E-state index is 8.96. The first-order chi connectivity index (χ1) is 7.24. The van der Waals surface area contributed by atoms with Gasteiger partial charge in [0.1, 0.15) is 5.41 Å². The lowest BCUT2D eigenvalue weighted by Gasteiger charge is -2.35. The van der Waals surface area contributed by atoms with Crippen molar-refractivity contribution in [3.8, 4) is 6.07 Å². The maximum Gasteiger partial charge on any atom is 0.116 e. The summed E-state index contributed by atoms with van der Waals surface area (Å²) in [6.07, 6.45) is 0. The summed E-state index contributed by atoms with van der Waals surface area (Å²) >= 11 is 5.12. The quantitative estimate of drug-likeness (QED) is 0.922. The lowest BCUT2D eigenvalue weighted by molar-refractivity contribution is -0.0755. The van der Waals surface area contributed by atoms with E-state index in [1.165, 1.54) is 4.88 Å². The molecule has 3 nitrogen and oxygen atoms in total. The molecule has 1 aromatic rings. The van der Waals surface area contributed by atoms with Crippen LogP contribution in [0.5, 0.6) is 0 Å². The Balaban J connectivity index is 1.78. The van der Waals surface area contributed by atoms with E-state index in [0.717, 1.165) is 11.0 Å². The highest BCUT2D eigenvalue weighted by Gasteiger charge is 2.38. The molecule has 1 fully saturated rings. The molecule has 0 atom stereocenters. The van der Waals surface area contributed by atoms with E-state index in [0.29, 0.717) is 19.8 Å². The van der Waals surface area contributed by atoms with Crippen LogP contribution < -0.4 is 5.32 Å². The molecule has 80 valence electrons. The van der Waals surface area contributed by atoms with Crippen molar-refractivity contribution in [3.05, 3.63) is 20.8 Å². The summed E-state index contributed by atoms with van der Waals surface area (Å²) in [4.78, 5) is 1.27. The third-order valence-electron chi connectivity index (χ3n) is 2.38. The molecule has 0 aromatic carbocycles. The zero-order chi connectivity index (χ0) is 10.7. The van der Waals surface area contributed by atoms with Crippen molar-refractivity contribution in [1.29, 1.82) is 5.26 Å². The number of nitriles is 1. The second kappa shape index (κ2) is 4.62. The van der Waals surface area contributed by atoms with Crippen molar-refractivity contribution in [2.45, 2.75) is 6.54 Å². The van der Waals surface area contributed by atoms with E-state index in [4.69, 9.17) is 10.00 Å². The average molecular weight is 287 g/mol. The van der Waals surface area contributed by atoms with Crippen LogP contribution in [0.3, 0.4) is 0 Å². The number of ether oxygens (including phenoxy) is 1. The highest BCUT2D eigenvalue weighted by Crippen LogP contribution is 2.25. The SMILES string of the molecule is N#CC1(CNCc2cc(Br)cs2)COC1. The smallest absolute Gasteiger partial charge is 0.116 e. The standard InChI is InChI=1S/C10H11BrN2OS/c11-8-1-9(15-3-8)2-13-5-10(4-12)6-14-7-10/h1,3,13H,2,5-7H2. The molecule has 2 heterocycles. The van der Waals surface area contributed by atoms with Gasteiger partial charge in [0.15, 0.2) is 0 Å². The zero-order valence-electron chi connectivity index (χ0n) is 8.12. The molecule has 1 aliphatic heterocycles. The first-order valence-corrected chi connectivity index (χ1v) is 6.34. The summed E-state index contributed by atoms with van der Waals surface area (Å²) in [7, 11) is 0. The van der Waals surface area contributed by atoms with Crippen molar-refractivity contribution in [2.75, 3.05) is 19.8 Å². The molecule has 1 saturated heterocycles. The number of hydrogen-bond donors (Lipinski definition) is 1. The van der Waals surface area contributed by atoms with E-state index in [-0.39, 0.29) is 5.41 Å². The monoisotopic (exact) mass is 286 g/mol. The topological polar surface area (TPSA) is 45.0 Å². The fraction of sp³-hybridized carbons (Fsp3) is 0.500. The van der Waals surface area contributed by atoms with Gasteiger partial charge in [0.2, 0.25) is 0 Å². The molecule has 0 spiro atoms. The molecule has 15 heavy (non-hydrogen) atoms. The highest BCUT2D eigenvalue weighted by molar-refractivity contribution is 9.10. The Bertz CT molecular complexity index is 381. The van der Waals surface area contributed by atoms with E-state index < -0.39 is 0 Å². The molecule has 2 rings (SSSR count). The van der Waals surface area contributed by atoms with Crippen molar-refractivity contribution < 1.29 is 4.74 Å². The molecule has 1 aromatic heterocycles. The van der Waals surface area contributed by atoms with Gasteiger partial charge in [-0.25, -0.2) is 0 Å². The summed E-state index contributed by atoms with van der Waals surface area (Å²) in [5, 5.41) is 14.3. The van der Waals surface area contributed by atoms with Crippen LogP contribution in [0.2, 0.25) is 0 Å². The van der Waals surface area contributed by atoms with Crippen LogP contribution in [0.15, 0.2) is 15.9 Å². The van der Waals surface area contributed by atoms with Gasteiger partial charge < -0.3 is 10.1 Å². The second-order valence-electron chi connectivity index (χ2n) is 3.72. The number of thiophene rings is 1. The molecule has 1 aliphatic rings. The van der Waals surface area contributed by atoms with Crippen LogP contribution in [0.4, 0.5) is 0 Å².